The van der Waals surface area contributed by atoms with Crippen molar-refractivity contribution in [1.29, 1.82) is 0 Å². The van der Waals surface area contributed by atoms with Gasteiger partial charge in [0.2, 0.25) is 5.91 Å². The second-order valence-electron chi connectivity index (χ2n) is 9.94. The normalized spacial score (nSPS) is 19.4. The molecule has 7 nitrogen and oxygen atoms in total. The second-order valence-corrected chi connectivity index (χ2v) is 9.94. The van der Waals surface area contributed by atoms with Crippen LogP contribution in [0.3, 0.4) is 0 Å². The maximum atomic E-state index is 13.4. The number of nitrogens with zero attached hydrogens (tertiary/aromatic N) is 3. The molecule has 0 bridgehead atoms. The van der Waals surface area contributed by atoms with E-state index in [4.69, 9.17) is 9.15 Å². The highest BCUT2D eigenvalue weighted by Crippen LogP contribution is 2.31. The van der Waals surface area contributed by atoms with Crippen LogP contribution in [0.25, 0.3) is 11.1 Å². The summed E-state index contributed by atoms with van der Waals surface area (Å²) >= 11 is 0. The van der Waals surface area contributed by atoms with Crippen molar-refractivity contribution in [3.8, 4) is 5.75 Å². The summed E-state index contributed by atoms with van der Waals surface area (Å²) in [5, 5.41) is 0. The van der Waals surface area contributed by atoms with Crippen LogP contribution in [0.2, 0.25) is 0 Å². The Balaban J connectivity index is 1.38. The van der Waals surface area contributed by atoms with Crippen molar-refractivity contribution >= 4 is 22.9 Å². The molecule has 1 saturated heterocycles. The first-order valence-electron chi connectivity index (χ1n) is 12.6. The summed E-state index contributed by atoms with van der Waals surface area (Å²) in [5.74, 6) is 1.05. The summed E-state index contributed by atoms with van der Waals surface area (Å²) in [6.07, 6.45) is 7.06. The van der Waals surface area contributed by atoms with Gasteiger partial charge in [-0.1, -0.05) is 50.3 Å². The molecule has 7 heteroatoms. The van der Waals surface area contributed by atoms with E-state index in [-0.39, 0.29) is 30.3 Å². The number of aryl methyl sites for hydroxylation is 1. The SMILES string of the molecule is COc1cccc(CN2C(=O)CN(C(=O)c3nc4ccc(C)cc4o3)C[C@@H]2CC2CCCCC2)c1. The lowest BCUT2D eigenvalue weighted by Gasteiger charge is -2.42. The summed E-state index contributed by atoms with van der Waals surface area (Å²) in [5.41, 5.74) is 3.32. The Hall–Kier alpha value is -3.35. The van der Waals surface area contributed by atoms with E-state index in [1.807, 2.05) is 54.3 Å². The molecule has 2 aliphatic rings. The van der Waals surface area contributed by atoms with Crippen LogP contribution in [-0.2, 0) is 11.3 Å². The molecule has 2 heterocycles. The monoisotopic (exact) mass is 475 g/mol. The zero-order chi connectivity index (χ0) is 24.4. The molecule has 3 aromatic rings. The van der Waals surface area contributed by atoms with Gasteiger partial charge in [-0.3, -0.25) is 9.59 Å². The first kappa shape index (κ1) is 23.4. The van der Waals surface area contributed by atoms with Gasteiger partial charge in [0.05, 0.1) is 7.11 Å². The van der Waals surface area contributed by atoms with E-state index in [2.05, 4.69) is 4.98 Å². The van der Waals surface area contributed by atoms with Crippen molar-refractivity contribution in [3.05, 3.63) is 59.5 Å². The van der Waals surface area contributed by atoms with Gasteiger partial charge in [0, 0.05) is 19.1 Å². The third kappa shape index (κ3) is 5.19. The lowest BCUT2D eigenvalue weighted by atomic mass is 9.84. The van der Waals surface area contributed by atoms with Crippen LogP contribution in [0.1, 0.15) is 60.3 Å². The zero-order valence-electron chi connectivity index (χ0n) is 20.5. The van der Waals surface area contributed by atoms with Gasteiger partial charge in [-0.25, -0.2) is 4.98 Å². The van der Waals surface area contributed by atoms with Crippen LogP contribution in [0, 0.1) is 12.8 Å². The number of ether oxygens (including phenoxy) is 1. The smallest absolute Gasteiger partial charge is 0.310 e. The molecular weight excluding hydrogens is 442 g/mol. The van der Waals surface area contributed by atoms with Crippen molar-refractivity contribution in [2.45, 2.75) is 58.0 Å². The van der Waals surface area contributed by atoms with Gasteiger partial charge in [0.15, 0.2) is 5.58 Å². The molecule has 2 fully saturated rings. The van der Waals surface area contributed by atoms with Crippen LogP contribution >= 0.6 is 0 Å². The predicted molar refractivity (Wildman–Crippen MR) is 133 cm³/mol. The van der Waals surface area contributed by atoms with Crippen LogP contribution in [0.4, 0.5) is 0 Å². The Labute approximate surface area is 206 Å². The average Bonchev–Trinajstić information content (AvgIpc) is 3.29. The maximum absolute atomic E-state index is 13.4. The number of carbonyl (C=O) groups is 2. The molecule has 1 aliphatic carbocycles. The number of aromatic nitrogens is 1. The fourth-order valence-corrected chi connectivity index (χ4v) is 5.48. The van der Waals surface area contributed by atoms with Crippen molar-refractivity contribution in [2.24, 2.45) is 5.92 Å². The number of amides is 2. The van der Waals surface area contributed by atoms with Crippen molar-refractivity contribution in [1.82, 2.24) is 14.8 Å². The number of carbonyl (C=O) groups excluding carboxylic acids is 2. The maximum Gasteiger partial charge on any atom is 0.310 e. The highest BCUT2D eigenvalue weighted by atomic mass is 16.5. The van der Waals surface area contributed by atoms with Crippen LogP contribution in [0.15, 0.2) is 46.9 Å². The molecule has 1 aliphatic heterocycles. The standard InChI is InChI=1S/C28H33N3O4/c1-19-11-12-24-25(13-19)35-27(29-24)28(33)30-17-22(14-20-7-4-3-5-8-20)31(26(32)18-30)16-21-9-6-10-23(15-21)34-2/h6,9-13,15,20,22H,3-5,7-8,14,16-18H2,1-2H3/t22-/m0/s1. The summed E-state index contributed by atoms with van der Waals surface area (Å²) in [6.45, 7) is 3.00. The minimum atomic E-state index is -0.318. The lowest BCUT2D eigenvalue weighted by Crippen LogP contribution is -2.58. The van der Waals surface area contributed by atoms with Crippen molar-refractivity contribution in [3.63, 3.8) is 0 Å². The number of benzene rings is 2. The molecule has 1 saturated carbocycles. The second kappa shape index (κ2) is 10.1. The van der Waals surface area contributed by atoms with E-state index >= 15 is 0 Å². The van der Waals surface area contributed by atoms with Gasteiger partial charge in [-0.2, -0.15) is 0 Å². The molecule has 0 radical (unpaired) electrons. The van der Waals surface area contributed by atoms with Gasteiger partial charge < -0.3 is 19.0 Å². The third-order valence-electron chi connectivity index (χ3n) is 7.35. The minimum absolute atomic E-state index is 0.0295. The third-order valence-corrected chi connectivity index (χ3v) is 7.35. The molecule has 1 atom stereocenters. The molecule has 0 N–H and O–H groups in total. The molecular formula is C28H33N3O4. The van der Waals surface area contributed by atoms with E-state index in [1.165, 1.54) is 32.1 Å². The highest BCUT2D eigenvalue weighted by Gasteiger charge is 2.37. The fourth-order valence-electron chi connectivity index (χ4n) is 5.48. The average molecular weight is 476 g/mol. The molecule has 2 amide bonds. The molecule has 1 aromatic heterocycles. The Morgan fingerprint density at radius 2 is 1.97 bits per heavy atom. The number of hydrogen-bond acceptors (Lipinski definition) is 5. The van der Waals surface area contributed by atoms with Gasteiger partial charge in [-0.05, 0) is 54.7 Å². The topological polar surface area (TPSA) is 75.9 Å². The number of methoxy groups -OCH3 is 1. The first-order valence-corrected chi connectivity index (χ1v) is 12.6. The molecule has 0 spiro atoms. The largest absolute Gasteiger partial charge is 0.497 e. The molecule has 0 unspecified atom stereocenters. The van der Waals surface area contributed by atoms with Gasteiger partial charge in [-0.15, -0.1) is 0 Å². The predicted octanol–water partition coefficient (Wildman–Crippen LogP) is 4.97. The van der Waals surface area contributed by atoms with Gasteiger partial charge >= 0.3 is 5.91 Å². The molecule has 184 valence electrons. The Bertz CT molecular complexity index is 1210. The van der Waals surface area contributed by atoms with Gasteiger partial charge in [0.25, 0.3) is 5.89 Å². The lowest BCUT2D eigenvalue weighted by molar-refractivity contribution is -0.140. The van der Waals surface area contributed by atoms with Crippen molar-refractivity contribution in [2.75, 3.05) is 20.2 Å². The number of oxazole rings is 1. The van der Waals surface area contributed by atoms with Crippen LogP contribution in [0.5, 0.6) is 5.75 Å². The van der Waals surface area contributed by atoms with Crippen LogP contribution < -0.4 is 4.74 Å². The molecule has 35 heavy (non-hydrogen) atoms. The summed E-state index contributed by atoms with van der Waals surface area (Å²) < 4.78 is 11.2. The number of hydrogen-bond donors (Lipinski definition) is 0. The first-order chi connectivity index (χ1) is 17.0. The fraction of sp³-hybridized carbons (Fsp3) is 0.464. The number of fused-ring (bicyclic) bond motifs is 1. The number of rotatable bonds is 6. The Morgan fingerprint density at radius 3 is 2.77 bits per heavy atom. The Morgan fingerprint density at radius 1 is 1.14 bits per heavy atom. The highest BCUT2D eigenvalue weighted by molar-refractivity contribution is 5.95. The Kier molecular flexibility index (Phi) is 6.75. The number of piperazine rings is 1. The van der Waals surface area contributed by atoms with E-state index in [1.54, 1.807) is 12.0 Å². The van der Waals surface area contributed by atoms with E-state index < -0.39 is 0 Å². The summed E-state index contributed by atoms with van der Waals surface area (Å²) in [4.78, 5) is 34.8. The van der Waals surface area contributed by atoms with Crippen molar-refractivity contribution < 1.29 is 18.7 Å². The van der Waals surface area contributed by atoms with Gasteiger partial charge in [0.1, 0.15) is 17.8 Å². The van der Waals surface area contributed by atoms with E-state index in [0.29, 0.717) is 30.1 Å². The molecule has 5 rings (SSSR count). The zero-order valence-corrected chi connectivity index (χ0v) is 20.5. The van der Waals surface area contributed by atoms with E-state index in [0.717, 1.165) is 23.3 Å². The quantitative estimate of drug-likeness (QED) is 0.503. The van der Waals surface area contributed by atoms with E-state index in [9.17, 15) is 9.59 Å². The summed E-state index contributed by atoms with van der Waals surface area (Å²) in [7, 11) is 1.65. The molecule has 2 aromatic carbocycles. The summed E-state index contributed by atoms with van der Waals surface area (Å²) in [6, 6.07) is 13.5. The van der Waals surface area contributed by atoms with Crippen LogP contribution in [-0.4, -0.2) is 52.8 Å². The minimum Gasteiger partial charge on any atom is -0.497 e.